The van der Waals surface area contributed by atoms with Crippen LogP contribution in [0.1, 0.15) is 19.3 Å². The molecule has 2 aliphatic heterocycles. The summed E-state index contributed by atoms with van der Waals surface area (Å²) in [7, 11) is 0. The van der Waals surface area contributed by atoms with Crippen molar-refractivity contribution in [2.45, 2.75) is 25.3 Å². The molecule has 62 valence electrons. The van der Waals surface area contributed by atoms with E-state index in [0.29, 0.717) is 11.9 Å². The first-order valence-electron chi connectivity index (χ1n) is 4.38. The largest absolute Gasteiger partial charge is 0.337 e. The summed E-state index contributed by atoms with van der Waals surface area (Å²) < 4.78 is 0. The summed E-state index contributed by atoms with van der Waals surface area (Å²) in [5, 5.41) is 3.31. The second kappa shape index (κ2) is 2.81. The second-order valence-electron chi connectivity index (χ2n) is 3.34. The molecule has 0 aromatic carbocycles. The Kier molecular flexibility index (Phi) is 1.82. The Balaban J connectivity index is 2.05. The second-order valence-corrected chi connectivity index (χ2v) is 3.34. The average Bonchev–Trinajstić information content (AvgIpc) is 2.06. The first-order chi connectivity index (χ1) is 5.38. The molecular formula is C8H14N2O. The SMILES string of the molecule is O=C1CCC[C@H]2CNCCN12. The molecule has 0 radical (unpaired) electrons. The van der Waals surface area contributed by atoms with Gasteiger partial charge in [0.1, 0.15) is 0 Å². The van der Waals surface area contributed by atoms with Crippen LogP contribution in [-0.4, -0.2) is 36.5 Å². The molecule has 2 aliphatic rings. The number of piperazine rings is 1. The van der Waals surface area contributed by atoms with E-state index in [1.165, 1.54) is 6.42 Å². The zero-order chi connectivity index (χ0) is 7.68. The monoisotopic (exact) mass is 154 g/mol. The molecule has 1 atom stereocenters. The van der Waals surface area contributed by atoms with Crippen LogP contribution in [0.5, 0.6) is 0 Å². The van der Waals surface area contributed by atoms with Gasteiger partial charge in [0, 0.05) is 32.1 Å². The van der Waals surface area contributed by atoms with Crippen molar-refractivity contribution in [2.75, 3.05) is 19.6 Å². The number of rotatable bonds is 0. The third-order valence-corrected chi connectivity index (χ3v) is 2.60. The van der Waals surface area contributed by atoms with Crippen LogP contribution in [0, 0.1) is 0 Å². The lowest BCUT2D eigenvalue weighted by atomic mass is 10.00. The van der Waals surface area contributed by atoms with Gasteiger partial charge in [-0.05, 0) is 12.8 Å². The maximum atomic E-state index is 11.3. The molecule has 0 unspecified atom stereocenters. The minimum absolute atomic E-state index is 0.364. The third kappa shape index (κ3) is 1.25. The van der Waals surface area contributed by atoms with E-state index in [1.807, 2.05) is 4.90 Å². The number of hydrogen-bond acceptors (Lipinski definition) is 2. The Labute approximate surface area is 66.8 Å². The van der Waals surface area contributed by atoms with Crippen LogP contribution >= 0.6 is 0 Å². The molecule has 2 fully saturated rings. The quantitative estimate of drug-likeness (QED) is 0.531. The van der Waals surface area contributed by atoms with Gasteiger partial charge in [-0.15, -0.1) is 0 Å². The van der Waals surface area contributed by atoms with Crippen molar-refractivity contribution in [3.8, 4) is 0 Å². The van der Waals surface area contributed by atoms with Crippen LogP contribution in [0.25, 0.3) is 0 Å². The zero-order valence-electron chi connectivity index (χ0n) is 6.68. The highest BCUT2D eigenvalue weighted by molar-refractivity contribution is 5.77. The highest BCUT2D eigenvalue weighted by Crippen LogP contribution is 2.18. The van der Waals surface area contributed by atoms with Crippen molar-refractivity contribution in [1.82, 2.24) is 10.2 Å². The van der Waals surface area contributed by atoms with E-state index in [0.717, 1.165) is 32.5 Å². The maximum absolute atomic E-state index is 11.3. The average molecular weight is 154 g/mol. The van der Waals surface area contributed by atoms with Gasteiger partial charge in [0.2, 0.25) is 5.91 Å². The third-order valence-electron chi connectivity index (χ3n) is 2.60. The number of nitrogens with one attached hydrogen (secondary N) is 1. The van der Waals surface area contributed by atoms with Crippen molar-refractivity contribution >= 4 is 5.91 Å². The Morgan fingerprint density at radius 3 is 3.27 bits per heavy atom. The van der Waals surface area contributed by atoms with Crippen molar-refractivity contribution in [1.29, 1.82) is 0 Å². The molecular weight excluding hydrogens is 140 g/mol. The van der Waals surface area contributed by atoms with E-state index < -0.39 is 0 Å². The van der Waals surface area contributed by atoms with Crippen LogP contribution < -0.4 is 5.32 Å². The molecule has 0 aliphatic carbocycles. The van der Waals surface area contributed by atoms with Crippen molar-refractivity contribution in [3.05, 3.63) is 0 Å². The standard InChI is InChI=1S/C8H14N2O/c11-8-3-1-2-7-6-9-4-5-10(7)8/h7,9H,1-6H2/t7-/m0/s1. The number of nitrogens with zero attached hydrogens (tertiary/aromatic N) is 1. The summed E-state index contributed by atoms with van der Waals surface area (Å²) in [6.07, 6.45) is 3.05. The summed E-state index contributed by atoms with van der Waals surface area (Å²) in [5.74, 6) is 0.364. The first-order valence-corrected chi connectivity index (χ1v) is 4.38. The van der Waals surface area contributed by atoms with Gasteiger partial charge in [-0.2, -0.15) is 0 Å². The van der Waals surface area contributed by atoms with Crippen LogP contribution in [-0.2, 0) is 4.79 Å². The highest BCUT2D eigenvalue weighted by Gasteiger charge is 2.29. The van der Waals surface area contributed by atoms with Gasteiger partial charge in [-0.1, -0.05) is 0 Å². The van der Waals surface area contributed by atoms with Crippen molar-refractivity contribution in [2.24, 2.45) is 0 Å². The molecule has 0 spiro atoms. The van der Waals surface area contributed by atoms with E-state index in [1.54, 1.807) is 0 Å². The number of carbonyl (C=O) groups excluding carboxylic acids is 1. The van der Waals surface area contributed by atoms with Crippen LogP contribution in [0.15, 0.2) is 0 Å². The molecule has 3 nitrogen and oxygen atoms in total. The maximum Gasteiger partial charge on any atom is 0.222 e. The summed E-state index contributed by atoms with van der Waals surface area (Å²) in [6, 6.07) is 0.505. The molecule has 3 heteroatoms. The minimum atomic E-state index is 0.364. The number of amides is 1. The molecule has 2 heterocycles. The molecule has 0 aromatic heterocycles. The fraction of sp³-hybridized carbons (Fsp3) is 0.875. The fourth-order valence-electron chi connectivity index (χ4n) is 1.98. The molecule has 1 N–H and O–H groups in total. The number of piperidine rings is 1. The number of carbonyl (C=O) groups is 1. The van der Waals surface area contributed by atoms with Gasteiger partial charge in [-0.25, -0.2) is 0 Å². The van der Waals surface area contributed by atoms with Gasteiger partial charge < -0.3 is 10.2 Å². The molecule has 0 bridgehead atoms. The van der Waals surface area contributed by atoms with Gasteiger partial charge in [0.05, 0.1) is 0 Å². The summed E-state index contributed by atoms with van der Waals surface area (Å²) in [5.41, 5.74) is 0. The number of hydrogen-bond donors (Lipinski definition) is 1. The fourth-order valence-corrected chi connectivity index (χ4v) is 1.98. The molecule has 2 rings (SSSR count). The van der Waals surface area contributed by atoms with Gasteiger partial charge in [0.15, 0.2) is 0 Å². The van der Waals surface area contributed by atoms with Crippen LogP contribution in [0.3, 0.4) is 0 Å². The molecule has 0 aromatic rings. The predicted molar refractivity (Wildman–Crippen MR) is 42.2 cm³/mol. The lowest BCUT2D eigenvalue weighted by molar-refractivity contribution is -0.137. The number of fused-ring (bicyclic) bond motifs is 1. The Bertz CT molecular complexity index is 167. The first kappa shape index (κ1) is 7.10. The highest BCUT2D eigenvalue weighted by atomic mass is 16.2. The van der Waals surface area contributed by atoms with Crippen molar-refractivity contribution in [3.63, 3.8) is 0 Å². The smallest absolute Gasteiger partial charge is 0.222 e. The summed E-state index contributed by atoms with van der Waals surface area (Å²) >= 11 is 0. The van der Waals surface area contributed by atoms with Crippen molar-refractivity contribution < 1.29 is 4.79 Å². The van der Waals surface area contributed by atoms with E-state index in [9.17, 15) is 4.79 Å². The lowest BCUT2D eigenvalue weighted by Gasteiger charge is -2.39. The molecule has 11 heavy (non-hydrogen) atoms. The molecule has 2 saturated heterocycles. The van der Waals surface area contributed by atoms with E-state index in [-0.39, 0.29) is 0 Å². The lowest BCUT2D eigenvalue weighted by Crippen LogP contribution is -2.55. The Morgan fingerprint density at radius 1 is 1.55 bits per heavy atom. The predicted octanol–water partition coefficient (Wildman–Crippen LogP) is -0.0293. The van der Waals surface area contributed by atoms with E-state index >= 15 is 0 Å². The van der Waals surface area contributed by atoms with Gasteiger partial charge in [-0.3, -0.25) is 4.79 Å². The summed E-state index contributed by atoms with van der Waals surface area (Å²) in [4.78, 5) is 13.4. The molecule has 0 saturated carbocycles. The zero-order valence-corrected chi connectivity index (χ0v) is 6.68. The summed E-state index contributed by atoms with van der Waals surface area (Å²) in [6.45, 7) is 2.90. The Hall–Kier alpha value is -0.570. The molecule has 1 amide bonds. The van der Waals surface area contributed by atoms with Crippen LogP contribution in [0.2, 0.25) is 0 Å². The van der Waals surface area contributed by atoms with Gasteiger partial charge in [0.25, 0.3) is 0 Å². The Morgan fingerprint density at radius 2 is 2.45 bits per heavy atom. The van der Waals surface area contributed by atoms with E-state index in [2.05, 4.69) is 5.32 Å². The topological polar surface area (TPSA) is 32.3 Å². The normalized spacial score (nSPS) is 31.8. The minimum Gasteiger partial charge on any atom is -0.337 e. The van der Waals surface area contributed by atoms with E-state index in [4.69, 9.17) is 0 Å². The van der Waals surface area contributed by atoms with Crippen LogP contribution in [0.4, 0.5) is 0 Å². The van der Waals surface area contributed by atoms with Gasteiger partial charge >= 0.3 is 0 Å².